The quantitative estimate of drug-likeness (QED) is 0.791. The van der Waals surface area contributed by atoms with E-state index in [1.54, 1.807) is 6.07 Å². The largest absolute Gasteiger partial charge is 0.416 e. The van der Waals surface area contributed by atoms with Crippen molar-refractivity contribution in [3.05, 3.63) is 65.4 Å². The highest BCUT2D eigenvalue weighted by molar-refractivity contribution is 5.86. The minimum atomic E-state index is -4.37. The van der Waals surface area contributed by atoms with Crippen molar-refractivity contribution in [2.24, 2.45) is 0 Å². The Morgan fingerprint density at radius 2 is 1.79 bits per heavy atom. The molecule has 1 aromatic heterocycles. The number of nitrogens with zero attached hydrogens (tertiary/aromatic N) is 1. The predicted octanol–water partition coefficient (Wildman–Crippen LogP) is 3.71. The number of benzene rings is 2. The first-order chi connectivity index (χ1) is 11.4. The summed E-state index contributed by atoms with van der Waals surface area (Å²) in [5.41, 5.74) is 0.992. The molecule has 0 bridgehead atoms. The van der Waals surface area contributed by atoms with Gasteiger partial charge in [-0.25, -0.2) is 0 Å². The Kier molecular flexibility index (Phi) is 4.24. The number of carbonyl (C=O) groups is 1. The average Bonchev–Trinajstić information content (AvgIpc) is 2.96. The number of aromatic nitrogens is 1. The van der Waals surface area contributed by atoms with Crippen molar-refractivity contribution in [1.29, 1.82) is 0 Å². The molecule has 0 spiro atoms. The second-order valence-corrected chi connectivity index (χ2v) is 5.27. The summed E-state index contributed by atoms with van der Waals surface area (Å²) < 4.78 is 42.6. The van der Waals surface area contributed by atoms with Crippen LogP contribution in [0.3, 0.4) is 0 Å². The van der Waals surface area contributed by atoms with Crippen molar-refractivity contribution in [3.8, 4) is 0 Å². The van der Waals surface area contributed by atoms with Gasteiger partial charge < -0.3 is 9.84 Å². The molecule has 0 saturated carbocycles. The van der Waals surface area contributed by atoms with E-state index in [1.165, 1.54) is 12.1 Å². The van der Waals surface area contributed by atoms with Crippen molar-refractivity contribution in [2.45, 2.75) is 19.1 Å². The number of nitrogens with one attached hydrogen (secondary N) is 1. The maximum Gasteiger partial charge on any atom is 0.416 e. The Morgan fingerprint density at radius 1 is 1.08 bits per heavy atom. The molecule has 4 nitrogen and oxygen atoms in total. The smallest absolute Gasteiger partial charge is 0.356 e. The molecule has 3 rings (SSSR count). The van der Waals surface area contributed by atoms with Gasteiger partial charge in [-0.1, -0.05) is 29.4 Å². The standard InChI is InChI=1S/C17H13F3N2O2/c18-17(19,20)12-7-5-11(6-8-12)10-21-16(23)9-14-13-3-1-2-4-15(13)24-22-14/h1-8H,9-10H2,(H,21,23). The van der Waals surface area contributed by atoms with Crippen molar-refractivity contribution in [1.82, 2.24) is 10.5 Å². The van der Waals surface area contributed by atoms with E-state index in [1.807, 2.05) is 18.2 Å². The lowest BCUT2D eigenvalue weighted by Gasteiger charge is -2.08. The second-order valence-electron chi connectivity index (χ2n) is 5.27. The molecule has 124 valence electrons. The van der Waals surface area contributed by atoms with Crippen LogP contribution in [0, 0.1) is 0 Å². The van der Waals surface area contributed by atoms with E-state index in [9.17, 15) is 18.0 Å². The van der Waals surface area contributed by atoms with Gasteiger partial charge in [0.05, 0.1) is 12.0 Å². The predicted molar refractivity (Wildman–Crippen MR) is 81.0 cm³/mol. The summed E-state index contributed by atoms with van der Waals surface area (Å²) in [7, 11) is 0. The van der Waals surface area contributed by atoms with Crippen LogP contribution in [0.1, 0.15) is 16.8 Å². The Balaban J connectivity index is 1.59. The molecular formula is C17H13F3N2O2. The van der Waals surface area contributed by atoms with Crippen LogP contribution in [0.2, 0.25) is 0 Å². The topological polar surface area (TPSA) is 55.1 Å². The number of hydrogen-bond acceptors (Lipinski definition) is 3. The molecule has 0 saturated heterocycles. The van der Waals surface area contributed by atoms with E-state index in [0.717, 1.165) is 17.5 Å². The van der Waals surface area contributed by atoms with Gasteiger partial charge >= 0.3 is 6.18 Å². The summed E-state index contributed by atoms with van der Waals surface area (Å²) in [6.45, 7) is 0.146. The van der Waals surface area contributed by atoms with Gasteiger partial charge in [-0.15, -0.1) is 0 Å². The Hall–Kier alpha value is -2.83. The maximum absolute atomic E-state index is 12.5. The Labute approximate surface area is 135 Å². The highest BCUT2D eigenvalue weighted by Gasteiger charge is 2.29. The molecule has 24 heavy (non-hydrogen) atoms. The molecule has 0 aliphatic carbocycles. The molecule has 0 fully saturated rings. The fraction of sp³-hybridized carbons (Fsp3) is 0.176. The van der Waals surface area contributed by atoms with Crippen LogP contribution in [-0.2, 0) is 23.9 Å². The highest BCUT2D eigenvalue weighted by atomic mass is 19.4. The van der Waals surface area contributed by atoms with Crippen LogP contribution in [0.25, 0.3) is 11.0 Å². The van der Waals surface area contributed by atoms with Gasteiger partial charge in [0.2, 0.25) is 5.91 Å². The summed E-state index contributed by atoms with van der Waals surface area (Å²) in [6, 6.07) is 11.9. The summed E-state index contributed by atoms with van der Waals surface area (Å²) in [4.78, 5) is 12.0. The van der Waals surface area contributed by atoms with E-state index in [-0.39, 0.29) is 18.9 Å². The number of alkyl halides is 3. The van der Waals surface area contributed by atoms with Crippen LogP contribution in [0.4, 0.5) is 13.2 Å². The molecule has 0 atom stereocenters. The number of carbonyl (C=O) groups excluding carboxylic acids is 1. The van der Waals surface area contributed by atoms with Gasteiger partial charge in [0.25, 0.3) is 0 Å². The number of rotatable bonds is 4. The number of amides is 1. The summed E-state index contributed by atoms with van der Waals surface area (Å²) in [5, 5.41) is 7.29. The molecular weight excluding hydrogens is 321 g/mol. The maximum atomic E-state index is 12.5. The van der Waals surface area contributed by atoms with E-state index in [0.29, 0.717) is 16.8 Å². The number of halogens is 3. The van der Waals surface area contributed by atoms with Crippen molar-refractivity contribution in [2.75, 3.05) is 0 Å². The first-order valence-electron chi connectivity index (χ1n) is 7.19. The molecule has 0 aliphatic rings. The first kappa shape index (κ1) is 16.0. The third-order valence-electron chi connectivity index (χ3n) is 3.55. The molecule has 0 radical (unpaired) electrons. The molecule has 3 aromatic rings. The lowest BCUT2D eigenvalue weighted by molar-refractivity contribution is -0.137. The average molecular weight is 334 g/mol. The molecule has 1 amide bonds. The van der Waals surface area contributed by atoms with Crippen LogP contribution in [-0.4, -0.2) is 11.1 Å². The van der Waals surface area contributed by atoms with Gasteiger partial charge in [-0.3, -0.25) is 4.79 Å². The van der Waals surface area contributed by atoms with Crippen LogP contribution >= 0.6 is 0 Å². The van der Waals surface area contributed by atoms with E-state index >= 15 is 0 Å². The van der Waals surface area contributed by atoms with E-state index < -0.39 is 11.7 Å². The zero-order valence-electron chi connectivity index (χ0n) is 12.4. The van der Waals surface area contributed by atoms with Crippen LogP contribution < -0.4 is 5.32 Å². The summed E-state index contributed by atoms with van der Waals surface area (Å²) in [6.07, 6.45) is -4.33. The van der Waals surface area contributed by atoms with Gasteiger partial charge in [0.1, 0.15) is 5.69 Å². The molecule has 2 aromatic carbocycles. The molecule has 1 N–H and O–H groups in total. The summed E-state index contributed by atoms with van der Waals surface area (Å²) >= 11 is 0. The lowest BCUT2D eigenvalue weighted by atomic mass is 10.1. The number of fused-ring (bicyclic) bond motifs is 1. The van der Waals surface area contributed by atoms with Crippen LogP contribution in [0.15, 0.2) is 53.1 Å². The van der Waals surface area contributed by atoms with Gasteiger partial charge in [-0.05, 0) is 29.8 Å². The third kappa shape index (κ3) is 3.56. The molecule has 7 heteroatoms. The zero-order valence-corrected chi connectivity index (χ0v) is 12.4. The Morgan fingerprint density at radius 3 is 2.50 bits per heavy atom. The van der Waals surface area contributed by atoms with Crippen molar-refractivity contribution >= 4 is 16.9 Å². The molecule has 0 aliphatic heterocycles. The van der Waals surface area contributed by atoms with Crippen LogP contribution in [0.5, 0.6) is 0 Å². The number of hydrogen-bond donors (Lipinski definition) is 1. The van der Waals surface area contributed by atoms with Gasteiger partial charge in [-0.2, -0.15) is 13.2 Å². The van der Waals surface area contributed by atoms with E-state index in [2.05, 4.69) is 10.5 Å². The minimum absolute atomic E-state index is 0.0393. The van der Waals surface area contributed by atoms with E-state index in [4.69, 9.17) is 4.52 Å². The highest BCUT2D eigenvalue weighted by Crippen LogP contribution is 2.29. The van der Waals surface area contributed by atoms with Crippen molar-refractivity contribution in [3.63, 3.8) is 0 Å². The lowest BCUT2D eigenvalue weighted by Crippen LogP contribution is -2.24. The second kappa shape index (κ2) is 6.35. The van der Waals surface area contributed by atoms with Gasteiger partial charge in [0, 0.05) is 11.9 Å². The third-order valence-corrected chi connectivity index (χ3v) is 3.55. The molecule has 0 unspecified atom stereocenters. The van der Waals surface area contributed by atoms with Crippen molar-refractivity contribution < 1.29 is 22.5 Å². The number of para-hydroxylation sites is 1. The zero-order chi connectivity index (χ0) is 17.2. The minimum Gasteiger partial charge on any atom is -0.356 e. The normalized spacial score (nSPS) is 11.6. The van der Waals surface area contributed by atoms with Gasteiger partial charge in [0.15, 0.2) is 5.58 Å². The SMILES string of the molecule is O=C(Cc1noc2ccccc12)NCc1ccc(C(F)(F)F)cc1. The molecule has 1 heterocycles. The first-order valence-corrected chi connectivity index (χ1v) is 7.19. The fourth-order valence-corrected chi connectivity index (χ4v) is 2.29. The Bertz CT molecular complexity index is 854. The monoisotopic (exact) mass is 334 g/mol. The summed E-state index contributed by atoms with van der Waals surface area (Å²) in [5.74, 6) is -0.283. The fourth-order valence-electron chi connectivity index (χ4n) is 2.29.